The van der Waals surface area contributed by atoms with Crippen LogP contribution in [-0.4, -0.2) is 23.8 Å². The summed E-state index contributed by atoms with van der Waals surface area (Å²) in [6, 6.07) is 9.65. The molecular formula is C18H17ClN2O2S. The Bertz CT molecular complexity index is 911. The highest BCUT2D eigenvalue weighted by molar-refractivity contribution is 7.16. The Hall–Kier alpha value is -2.11. The highest BCUT2D eigenvalue weighted by Crippen LogP contribution is 2.33. The van der Waals surface area contributed by atoms with Gasteiger partial charge in [-0.2, -0.15) is 0 Å². The van der Waals surface area contributed by atoms with Crippen LogP contribution < -0.4 is 0 Å². The standard InChI is InChI=1S/C18H17ClN2O2S/c1-3-11-9-13(18(22)23-4-2)17(24-11)20-10-15-16(19)12-7-5-6-8-14(12)21-15/h5-10,21H,3-4H2,1-2H3. The Balaban J connectivity index is 1.97. The molecule has 0 radical (unpaired) electrons. The molecule has 3 rings (SSSR count). The number of halogens is 1. The van der Waals surface area contributed by atoms with Crippen molar-refractivity contribution in [1.82, 2.24) is 4.98 Å². The maximum Gasteiger partial charge on any atom is 0.341 e. The zero-order valence-corrected chi connectivity index (χ0v) is 15.0. The average Bonchev–Trinajstić information content (AvgIpc) is 3.15. The summed E-state index contributed by atoms with van der Waals surface area (Å²) in [5.41, 5.74) is 2.18. The molecule has 3 aromatic rings. The third-order valence-electron chi connectivity index (χ3n) is 3.59. The number of carbonyl (C=O) groups is 1. The summed E-state index contributed by atoms with van der Waals surface area (Å²) < 4.78 is 5.11. The van der Waals surface area contributed by atoms with E-state index in [0.29, 0.717) is 22.2 Å². The molecule has 1 aromatic carbocycles. The summed E-state index contributed by atoms with van der Waals surface area (Å²) >= 11 is 7.89. The van der Waals surface area contributed by atoms with Crippen LogP contribution >= 0.6 is 22.9 Å². The monoisotopic (exact) mass is 360 g/mol. The van der Waals surface area contributed by atoms with Crippen molar-refractivity contribution in [3.8, 4) is 0 Å². The van der Waals surface area contributed by atoms with Crippen molar-refractivity contribution in [2.45, 2.75) is 20.3 Å². The Morgan fingerprint density at radius 2 is 2.17 bits per heavy atom. The van der Waals surface area contributed by atoms with E-state index in [4.69, 9.17) is 16.3 Å². The summed E-state index contributed by atoms with van der Waals surface area (Å²) in [6.07, 6.45) is 2.51. The molecule has 0 saturated heterocycles. The second kappa shape index (κ2) is 7.20. The number of para-hydroxylation sites is 1. The SMILES string of the molecule is CCOC(=O)c1cc(CC)sc1N=Cc1[nH]c2ccccc2c1Cl. The van der Waals surface area contributed by atoms with Gasteiger partial charge in [0.1, 0.15) is 5.00 Å². The van der Waals surface area contributed by atoms with Crippen LogP contribution in [0.3, 0.4) is 0 Å². The number of aliphatic imine (C=N–C) groups is 1. The Kier molecular flexibility index (Phi) is 5.02. The molecule has 0 aliphatic rings. The third kappa shape index (κ3) is 3.23. The van der Waals surface area contributed by atoms with E-state index in [1.807, 2.05) is 37.3 Å². The number of H-pyrrole nitrogens is 1. The van der Waals surface area contributed by atoms with Gasteiger partial charge in [0.2, 0.25) is 0 Å². The number of nitrogens with one attached hydrogen (secondary N) is 1. The molecule has 0 unspecified atom stereocenters. The van der Waals surface area contributed by atoms with Crippen molar-refractivity contribution in [2.24, 2.45) is 4.99 Å². The van der Waals surface area contributed by atoms with E-state index >= 15 is 0 Å². The first kappa shape index (κ1) is 16.7. The number of aromatic nitrogens is 1. The molecule has 0 amide bonds. The minimum atomic E-state index is -0.344. The molecule has 0 atom stereocenters. The minimum absolute atomic E-state index is 0.340. The van der Waals surface area contributed by atoms with E-state index in [1.165, 1.54) is 11.3 Å². The van der Waals surface area contributed by atoms with Crippen LogP contribution in [0.25, 0.3) is 10.9 Å². The molecule has 0 spiro atoms. The van der Waals surface area contributed by atoms with Crippen molar-refractivity contribution >= 4 is 51.0 Å². The van der Waals surface area contributed by atoms with Crippen LogP contribution in [0.5, 0.6) is 0 Å². The lowest BCUT2D eigenvalue weighted by Crippen LogP contribution is -2.03. The van der Waals surface area contributed by atoms with Gasteiger partial charge in [-0.3, -0.25) is 0 Å². The lowest BCUT2D eigenvalue weighted by atomic mass is 10.2. The highest BCUT2D eigenvalue weighted by Gasteiger charge is 2.16. The molecule has 2 heterocycles. The fraction of sp³-hybridized carbons (Fsp3) is 0.222. The van der Waals surface area contributed by atoms with E-state index in [-0.39, 0.29) is 5.97 Å². The van der Waals surface area contributed by atoms with Crippen LogP contribution in [0.1, 0.15) is 34.8 Å². The van der Waals surface area contributed by atoms with Gasteiger partial charge in [0, 0.05) is 15.8 Å². The number of ether oxygens (including phenoxy) is 1. The largest absolute Gasteiger partial charge is 0.462 e. The van der Waals surface area contributed by atoms with E-state index in [0.717, 1.165) is 27.9 Å². The van der Waals surface area contributed by atoms with Crippen LogP contribution in [0.2, 0.25) is 5.02 Å². The summed E-state index contributed by atoms with van der Waals surface area (Å²) in [5, 5.41) is 2.21. The lowest BCUT2D eigenvalue weighted by Gasteiger charge is -1.99. The lowest BCUT2D eigenvalue weighted by molar-refractivity contribution is 0.0528. The predicted molar refractivity (Wildman–Crippen MR) is 100 cm³/mol. The third-order valence-corrected chi connectivity index (χ3v) is 5.18. The topological polar surface area (TPSA) is 54.4 Å². The predicted octanol–water partition coefficient (Wildman–Crippen LogP) is 5.37. The fourth-order valence-corrected chi connectivity index (χ4v) is 3.59. The molecular weight excluding hydrogens is 344 g/mol. The van der Waals surface area contributed by atoms with Crippen LogP contribution in [0, 0.1) is 0 Å². The molecule has 0 aliphatic heterocycles. The second-order valence-corrected chi connectivity index (χ2v) is 6.66. The smallest absolute Gasteiger partial charge is 0.341 e. The molecule has 0 saturated carbocycles. The number of aryl methyl sites for hydroxylation is 1. The number of carbonyl (C=O) groups excluding carboxylic acids is 1. The van der Waals surface area contributed by atoms with Crippen LogP contribution in [-0.2, 0) is 11.2 Å². The van der Waals surface area contributed by atoms with Crippen molar-refractivity contribution < 1.29 is 9.53 Å². The first-order valence-electron chi connectivity index (χ1n) is 7.74. The Morgan fingerprint density at radius 3 is 2.88 bits per heavy atom. The van der Waals surface area contributed by atoms with Gasteiger partial charge < -0.3 is 9.72 Å². The number of rotatable bonds is 5. The van der Waals surface area contributed by atoms with Crippen molar-refractivity contribution in [1.29, 1.82) is 0 Å². The molecule has 24 heavy (non-hydrogen) atoms. The number of esters is 1. The second-order valence-electron chi connectivity index (χ2n) is 5.16. The number of hydrogen-bond donors (Lipinski definition) is 1. The summed E-state index contributed by atoms with van der Waals surface area (Å²) in [6.45, 7) is 4.17. The number of aromatic amines is 1. The number of benzene rings is 1. The molecule has 0 fully saturated rings. The minimum Gasteiger partial charge on any atom is -0.462 e. The maximum absolute atomic E-state index is 12.1. The molecule has 4 nitrogen and oxygen atoms in total. The highest BCUT2D eigenvalue weighted by atomic mass is 35.5. The van der Waals surface area contributed by atoms with Gasteiger partial charge in [0.05, 0.1) is 29.1 Å². The zero-order valence-electron chi connectivity index (χ0n) is 13.4. The van der Waals surface area contributed by atoms with Crippen LogP contribution in [0.4, 0.5) is 5.00 Å². The van der Waals surface area contributed by atoms with Gasteiger partial charge in [0.15, 0.2) is 0 Å². The first-order valence-corrected chi connectivity index (χ1v) is 8.93. The summed E-state index contributed by atoms with van der Waals surface area (Å²) in [4.78, 5) is 20.9. The molecule has 124 valence electrons. The molecule has 0 aliphatic carbocycles. The number of fused-ring (bicyclic) bond motifs is 1. The molecule has 1 N–H and O–H groups in total. The van der Waals surface area contributed by atoms with Gasteiger partial charge >= 0.3 is 5.97 Å². The number of thiophene rings is 1. The van der Waals surface area contributed by atoms with E-state index in [9.17, 15) is 4.79 Å². The quantitative estimate of drug-likeness (QED) is 0.491. The van der Waals surface area contributed by atoms with Gasteiger partial charge in [-0.05, 0) is 25.5 Å². The van der Waals surface area contributed by atoms with Crippen LogP contribution in [0.15, 0.2) is 35.3 Å². The van der Waals surface area contributed by atoms with Gasteiger partial charge in [-0.25, -0.2) is 9.79 Å². The molecule has 6 heteroatoms. The van der Waals surface area contributed by atoms with Gasteiger partial charge in [-0.15, -0.1) is 11.3 Å². The maximum atomic E-state index is 12.1. The van der Waals surface area contributed by atoms with Gasteiger partial charge in [0.25, 0.3) is 0 Å². The zero-order chi connectivity index (χ0) is 17.1. The molecule has 2 aromatic heterocycles. The first-order chi connectivity index (χ1) is 11.6. The van der Waals surface area contributed by atoms with E-state index < -0.39 is 0 Å². The molecule has 0 bridgehead atoms. The summed E-state index contributed by atoms with van der Waals surface area (Å²) in [7, 11) is 0. The fourth-order valence-electron chi connectivity index (χ4n) is 2.40. The Morgan fingerprint density at radius 1 is 1.38 bits per heavy atom. The van der Waals surface area contributed by atoms with E-state index in [2.05, 4.69) is 9.98 Å². The number of nitrogens with zero attached hydrogens (tertiary/aromatic N) is 1. The Labute approximate surface area is 149 Å². The van der Waals surface area contributed by atoms with E-state index in [1.54, 1.807) is 13.1 Å². The van der Waals surface area contributed by atoms with Crippen molar-refractivity contribution in [3.05, 3.63) is 51.5 Å². The normalized spacial score (nSPS) is 11.5. The van der Waals surface area contributed by atoms with Gasteiger partial charge in [-0.1, -0.05) is 36.7 Å². The van der Waals surface area contributed by atoms with Crippen molar-refractivity contribution in [2.75, 3.05) is 6.61 Å². The van der Waals surface area contributed by atoms with Crippen molar-refractivity contribution in [3.63, 3.8) is 0 Å². The summed E-state index contributed by atoms with van der Waals surface area (Å²) in [5.74, 6) is -0.344. The number of hydrogen-bond acceptors (Lipinski definition) is 4. The average molecular weight is 361 g/mol.